The van der Waals surface area contributed by atoms with E-state index in [4.69, 9.17) is 12.2 Å². The van der Waals surface area contributed by atoms with Crippen LogP contribution in [0.4, 0.5) is 11.4 Å². The first kappa shape index (κ1) is 14.7. The molecule has 2 rings (SSSR count). The molecule has 1 fully saturated rings. The summed E-state index contributed by atoms with van der Waals surface area (Å²) < 4.78 is 0. The molecule has 1 saturated carbocycles. The highest BCUT2D eigenvalue weighted by atomic mass is 32.1. The lowest BCUT2D eigenvalue weighted by Crippen LogP contribution is -2.43. The molecule has 108 valence electrons. The van der Waals surface area contributed by atoms with Gasteiger partial charge in [0, 0.05) is 23.9 Å². The van der Waals surface area contributed by atoms with Crippen LogP contribution in [0, 0.1) is 16.0 Å². The lowest BCUT2D eigenvalue weighted by atomic mass is 9.86. The zero-order valence-electron chi connectivity index (χ0n) is 11.5. The fourth-order valence-electron chi connectivity index (χ4n) is 2.53. The number of hydrogen-bond acceptors (Lipinski definition) is 3. The molecule has 0 saturated heterocycles. The summed E-state index contributed by atoms with van der Waals surface area (Å²) in [5.41, 5.74) is 0.840. The molecule has 0 bridgehead atoms. The smallest absolute Gasteiger partial charge is 0.269 e. The van der Waals surface area contributed by atoms with Gasteiger partial charge >= 0.3 is 0 Å². The van der Waals surface area contributed by atoms with Crippen molar-refractivity contribution in [3.63, 3.8) is 0 Å². The van der Waals surface area contributed by atoms with Crippen LogP contribution in [0.3, 0.4) is 0 Å². The van der Waals surface area contributed by atoms with E-state index in [-0.39, 0.29) is 5.69 Å². The largest absolute Gasteiger partial charge is 0.359 e. The lowest BCUT2D eigenvalue weighted by molar-refractivity contribution is -0.384. The lowest BCUT2D eigenvalue weighted by Gasteiger charge is -2.30. The Bertz CT molecular complexity index is 490. The highest BCUT2D eigenvalue weighted by Crippen LogP contribution is 2.24. The van der Waals surface area contributed by atoms with Gasteiger partial charge in [-0.2, -0.15) is 0 Å². The first-order chi connectivity index (χ1) is 9.56. The highest BCUT2D eigenvalue weighted by Gasteiger charge is 2.21. The first-order valence-electron chi connectivity index (χ1n) is 6.88. The Balaban J connectivity index is 1.89. The van der Waals surface area contributed by atoms with Gasteiger partial charge in [0.2, 0.25) is 0 Å². The van der Waals surface area contributed by atoms with Crippen molar-refractivity contribution >= 4 is 28.7 Å². The SMILES string of the molecule is C[C@H]1CCCC[C@H]1NC(=S)Nc1ccc([N+](=O)[O-])cc1. The summed E-state index contributed by atoms with van der Waals surface area (Å²) in [4.78, 5) is 10.2. The number of anilines is 1. The van der Waals surface area contributed by atoms with Crippen LogP contribution >= 0.6 is 12.2 Å². The number of nitrogens with one attached hydrogen (secondary N) is 2. The molecule has 1 aliphatic rings. The molecule has 1 aromatic rings. The second-order valence-corrected chi connectivity index (χ2v) is 5.68. The van der Waals surface area contributed by atoms with Crippen molar-refractivity contribution in [3.05, 3.63) is 34.4 Å². The maximum atomic E-state index is 10.6. The Hall–Kier alpha value is -1.69. The maximum Gasteiger partial charge on any atom is 0.269 e. The number of nitrogens with zero attached hydrogens (tertiary/aromatic N) is 1. The maximum absolute atomic E-state index is 10.6. The third kappa shape index (κ3) is 3.90. The van der Waals surface area contributed by atoms with E-state index < -0.39 is 4.92 Å². The summed E-state index contributed by atoms with van der Waals surface area (Å²) >= 11 is 5.30. The second kappa shape index (κ2) is 6.65. The number of rotatable bonds is 3. The number of hydrogen-bond donors (Lipinski definition) is 2. The zero-order chi connectivity index (χ0) is 14.5. The van der Waals surface area contributed by atoms with Crippen molar-refractivity contribution < 1.29 is 4.92 Å². The second-order valence-electron chi connectivity index (χ2n) is 5.27. The molecule has 0 unspecified atom stereocenters. The van der Waals surface area contributed by atoms with Crippen LogP contribution < -0.4 is 10.6 Å². The van der Waals surface area contributed by atoms with Crippen molar-refractivity contribution in [2.45, 2.75) is 38.6 Å². The van der Waals surface area contributed by atoms with Gasteiger partial charge in [0.25, 0.3) is 5.69 Å². The topological polar surface area (TPSA) is 67.2 Å². The van der Waals surface area contributed by atoms with Crippen molar-refractivity contribution in [1.29, 1.82) is 0 Å². The number of benzene rings is 1. The molecule has 2 atom stereocenters. The van der Waals surface area contributed by atoms with E-state index in [1.165, 1.54) is 31.4 Å². The molecule has 0 spiro atoms. The number of nitro benzene ring substituents is 1. The molecule has 0 aliphatic heterocycles. The van der Waals surface area contributed by atoms with Crippen LogP contribution in [0.5, 0.6) is 0 Å². The average molecular weight is 293 g/mol. The fraction of sp³-hybridized carbons (Fsp3) is 0.500. The molecule has 5 nitrogen and oxygen atoms in total. The number of non-ortho nitro benzene ring substituents is 1. The van der Waals surface area contributed by atoms with Gasteiger partial charge in [-0.25, -0.2) is 0 Å². The van der Waals surface area contributed by atoms with Crippen LogP contribution in [-0.4, -0.2) is 16.1 Å². The van der Waals surface area contributed by atoms with Crippen molar-refractivity contribution in [1.82, 2.24) is 5.32 Å². The minimum Gasteiger partial charge on any atom is -0.359 e. The Morgan fingerprint density at radius 2 is 1.95 bits per heavy atom. The van der Waals surface area contributed by atoms with Crippen LogP contribution in [0.15, 0.2) is 24.3 Å². The molecule has 0 aromatic heterocycles. The van der Waals surface area contributed by atoms with Crippen molar-refractivity contribution in [2.24, 2.45) is 5.92 Å². The summed E-state index contributed by atoms with van der Waals surface area (Å²) in [6.07, 6.45) is 4.91. The van der Waals surface area contributed by atoms with Gasteiger partial charge in [-0.3, -0.25) is 10.1 Å². The van der Waals surface area contributed by atoms with Crippen molar-refractivity contribution in [3.8, 4) is 0 Å². The van der Waals surface area contributed by atoms with E-state index in [9.17, 15) is 10.1 Å². The van der Waals surface area contributed by atoms with E-state index in [0.717, 1.165) is 12.1 Å². The molecule has 1 aromatic carbocycles. The Labute approximate surface area is 123 Å². The summed E-state index contributed by atoms with van der Waals surface area (Å²) in [6, 6.07) is 6.68. The Morgan fingerprint density at radius 1 is 1.30 bits per heavy atom. The first-order valence-corrected chi connectivity index (χ1v) is 7.29. The molecular weight excluding hydrogens is 274 g/mol. The Morgan fingerprint density at radius 3 is 2.55 bits per heavy atom. The van der Waals surface area contributed by atoms with E-state index in [1.807, 2.05) is 0 Å². The van der Waals surface area contributed by atoms with Gasteiger partial charge in [-0.1, -0.05) is 19.8 Å². The van der Waals surface area contributed by atoms with E-state index in [1.54, 1.807) is 12.1 Å². The van der Waals surface area contributed by atoms with E-state index >= 15 is 0 Å². The molecule has 2 N–H and O–H groups in total. The predicted octanol–water partition coefficient (Wildman–Crippen LogP) is 3.46. The average Bonchev–Trinajstić information content (AvgIpc) is 2.42. The van der Waals surface area contributed by atoms with E-state index in [0.29, 0.717) is 17.1 Å². The normalized spacial score (nSPS) is 22.1. The minimum absolute atomic E-state index is 0.0790. The molecule has 6 heteroatoms. The number of thiocarbonyl (C=S) groups is 1. The monoisotopic (exact) mass is 293 g/mol. The third-order valence-electron chi connectivity index (χ3n) is 3.76. The minimum atomic E-state index is -0.413. The summed E-state index contributed by atoms with van der Waals surface area (Å²) in [7, 11) is 0. The molecular formula is C14H19N3O2S. The molecule has 0 radical (unpaired) electrons. The predicted molar refractivity (Wildman–Crippen MR) is 83.9 cm³/mol. The van der Waals surface area contributed by atoms with Gasteiger partial charge in [0.05, 0.1) is 4.92 Å². The van der Waals surface area contributed by atoms with Crippen LogP contribution in [0.1, 0.15) is 32.6 Å². The van der Waals surface area contributed by atoms with Gasteiger partial charge in [0.1, 0.15) is 0 Å². The molecule has 1 aliphatic carbocycles. The quantitative estimate of drug-likeness (QED) is 0.507. The van der Waals surface area contributed by atoms with Gasteiger partial charge in [-0.15, -0.1) is 0 Å². The van der Waals surface area contributed by atoms with Crippen LogP contribution in [0.25, 0.3) is 0 Å². The standard InChI is InChI=1S/C14H19N3O2S/c1-10-4-2-3-5-13(10)16-14(20)15-11-6-8-12(9-7-11)17(18)19/h6-10,13H,2-5H2,1H3,(H2,15,16,20)/t10-,13+/m0/s1. The van der Waals surface area contributed by atoms with Crippen LogP contribution in [-0.2, 0) is 0 Å². The molecule has 20 heavy (non-hydrogen) atoms. The third-order valence-corrected chi connectivity index (χ3v) is 3.98. The highest BCUT2D eigenvalue weighted by molar-refractivity contribution is 7.80. The Kier molecular flexibility index (Phi) is 4.89. The zero-order valence-corrected chi connectivity index (χ0v) is 12.3. The van der Waals surface area contributed by atoms with Gasteiger partial charge in [-0.05, 0) is 43.1 Å². The molecule has 0 heterocycles. The van der Waals surface area contributed by atoms with Gasteiger partial charge < -0.3 is 10.6 Å². The van der Waals surface area contributed by atoms with E-state index in [2.05, 4.69) is 17.6 Å². The van der Waals surface area contributed by atoms with Crippen molar-refractivity contribution in [2.75, 3.05) is 5.32 Å². The van der Waals surface area contributed by atoms with Crippen LogP contribution in [0.2, 0.25) is 0 Å². The molecule has 0 amide bonds. The summed E-state index contributed by atoms with van der Waals surface area (Å²) in [6.45, 7) is 2.24. The number of nitro groups is 1. The summed E-state index contributed by atoms with van der Waals surface area (Å²) in [5, 5.41) is 17.6. The summed E-state index contributed by atoms with van der Waals surface area (Å²) in [5.74, 6) is 0.625. The van der Waals surface area contributed by atoms with Gasteiger partial charge in [0.15, 0.2) is 5.11 Å². The fourth-order valence-corrected chi connectivity index (χ4v) is 2.80.